The molecule has 3 aromatic rings. The van der Waals surface area contributed by atoms with Gasteiger partial charge in [-0.2, -0.15) is 0 Å². The summed E-state index contributed by atoms with van der Waals surface area (Å²) in [5.41, 5.74) is 4.96. The molecule has 1 N–H and O–H groups in total. The predicted octanol–water partition coefficient (Wildman–Crippen LogP) is 5.17. The van der Waals surface area contributed by atoms with Crippen LogP contribution < -0.4 is 5.32 Å². The topological polar surface area (TPSA) is 29.1 Å². The summed E-state index contributed by atoms with van der Waals surface area (Å²) in [6.07, 6.45) is 0.954. The van der Waals surface area contributed by atoms with Gasteiger partial charge in [0.15, 0.2) is 0 Å². The lowest BCUT2D eigenvalue weighted by Crippen LogP contribution is -2.11. The summed E-state index contributed by atoms with van der Waals surface area (Å²) in [4.78, 5) is 12.4. The molecule has 0 radical (unpaired) electrons. The van der Waals surface area contributed by atoms with Crippen molar-refractivity contribution in [2.45, 2.75) is 13.3 Å². The van der Waals surface area contributed by atoms with Gasteiger partial charge in [-0.3, -0.25) is 4.79 Å². The third-order valence-electron chi connectivity index (χ3n) is 3.85. The fraction of sp³-hybridized carbons (Fsp3) is 0.0952. The van der Waals surface area contributed by atoms with Crippen molar-refractivity contribution in [2.24, 2.45) is 0 Å². The Morgan fingerprint density at radius 1 is 0.826 bits per heavy atom. The lowest BCUT2D eigenvalue weighted by Gasteiger charge is -2.08. The van der Waals surface area contributed by atoms with Gasteiger partial charge in [0, 0.05) is 11.3 Å². The maximum absolute atomic E-state index is 12.4. The molecule has 0 unspecified atom stereocenters. The quantitative estimate of drug-likeness (QED) is 0.708. The Labute approximate surface area is 136 Å². The summed E-state index contributed by atoms with van der Waals surface area (Å²) in [5.74, 6) is -0.0853. The molecule has 0 atom stereocenters. The standard InChI is InChI=1S/C21H19NO/c1-2-16-7-6-10-20(15-16)22-21(23)19-13-11-18(12-14-19)17-8-4-3-5-9-17/h3-15H,2H2,1H3,(H,22,23). The lowest BCUT2D eigenvalue weighted by molar-refractivity contribution is 0.102. The molecule has 0 heterocycles. The van der Waals surface area contributed by atoms with Crippen LogP contribution in [-0.4, -0.2) is 5.91 Å². The van der Waals surface area contributed by atoms with E-state index in [0.29, 0.717) is 5.56 Å². The van der Waals surface area contributed by atoms with Crippen LogP contribution in [0.5, 0.6) is 0 Å². The van der Waals surface area contributed by atoms with Gasteiger partial charge in [0.1, 0.15) is 0 Å². The lowest BCUT2D eigenvalue weighted by atomic mass is 10.0. The zero-order valence-corrected chi connectivity index (χ0v) is 13.1. The Morgan fingerprint density at radius 2 is 1.52 bits per heavy atom. The molecule has 2 nitrogen and oxygen atoms in total. The minimum absolute atomic E-state index is 0.0853. The van der Waals surface area contributed by atoms with Gasteiger partial charge in [0.05, 0.1) is 0 Å². The first-order chi connectivity index (χ1) is 11.3. The zero-order valence-electron chi connectivity index (χ0n) is 13.1. The fourth-order valence-corrected chi connectivity index (χ4v) is 2.52. The number of amides is 1. The van der Waals surface area contributed by atoms with Gasteiger partial charge in [0.25, 0.3) is 5.91 Å². The van der Waals surface area contributed by atoms with E-state index in [-0.39, 0.29) is 5.91 Å². The maximum Gasteiger partial charge on any atom is 0.255 e. The van der Waals surface area contributed by atoms with Gasteiger partial charge >= 0.3 is 0 Å². The largest absolute Gasteiger partial charge is 0.322 e. The molecule has 0 bridgehead atoms. The zero-order chi connectivity index (χ0) is 16.1. The fourth-order valence-electron chi connectivity index (χ4n) is 2.52. The van der Waals surface area contributed by atoms with Gasteiger partial charge in [-0.25, -0.2) is 0 Å². The van der Waals surface area contributed by atoms with E-state index in [2.05, 4.69) is 30.4 Å². The van der Waals surface area contributed by atoms with Crippen LogP contribution in [0.4, 0.5) is 5.69 Å². The van der Waals surface area contributed by atoms with E-state index in [4.69, 9.17) is 0 Å². The van der Waals surface area contributed by atoms with Crippen molar-refractivity contribution in [1.29, 1.82) is 0 Å². The van der Waals surface area contributed by atoms with E-state index in [1.807, 2.05) is 60.7 Å². The van der Waals surface area contributed by atoms with Gasteiger partial charge in [-0.1, -0.05) is 61.5 Å². The van der Waals surface area contributed by atoms with E-state index in [1.165, 1.54) is 5.56 Å². The maximum atomic E-state index is 12.4. The highest BCUT2D eigenvalue weighted by molar-refractivity contribution is 6.04. The average molecular weight is 301 g/mol. The number of benzene rings is 3. The summed E-state index contributed by atoms with van der Waals surface area (Å²) in [6.45, 7) is 2.10. The van der Waals surface area contributed by atoms with Gasteiger partial charge < -0.3 is 5.32 Å². The molecule has 0 aliphatic carbocycles. The second-order valence-corrected chi connectivity index (χ2v) is 5.45. The normalized spacial score (nSPS) is 10.3. The van der Waals surface area contributed by atoms with Crippen LogP contribution in [-0.2, 0) is 6.42 Å². The van der Waals surface area contributed by atoms with Crippen LogP contribution in [0.1, 0.15) is 22.8 Å². The predicted molar refractivity (Wildman–Crippen MR) is 95.7 cm³/mol. The van der Waals surface area contributed by atoms with Crippen LogP contribution in [0.2, 0.25) is 0 Å². The molecule has 2 heteroatoms. The van der Waals surface area contributed by atoms with Gasteiger partial charge in [0.2, 0.25) is 0 Å². The Hall–Kier alpha value is -2.87. The van der Waals surface area contributed by atoms with Crippen molar-refractivity contribution in [2.75, 3.05) is 5.32 Å². The molecular formula is C21H19NO. The highest BCUT2D eigenvalue weighted by Gasteiger charge is 2.07. The molecule has 0 aliphatic rings. The van der Waals surface area contributed by atoms with Crippen molar-refractivity contribution in [3.8, 4) is 11.1 Å². The first-order valence-electron chi connectivity index (χ1n) is 7.82. The van der Waals surface area contributed by atoms with Gasteiger partial charge in [-0.15, -0.1) is 0 Å². The third kappa shape index (κ3) is 3.67. The van der Waals surface area contributed by atoms with E-state index in [1.54, 1.807) is 0 Å². The molecule has 3 aromatic carbocycles. The summed E-state index contributed by atoms with van der Waals surface area (Å²) >= 11 is 0. The van der Waals surface area contributed by atoms with Crippen molar-refractivity contribution >= 4 is 11.6 Å². The van der Waals surface area contributed by atoms with Crippen LogP contribution in [0.15, 0.2) is 78.9 Å². The number of rotatable bonds is 4. The van der Waals surface area contributed by atoms with Crippen LogP contribution in [0.3, 0.4) is 0 Å². The molecule has 23 heavy (non-hydrogen) atoms. The monoisotopic (exact) mass is 301 g/mol. The summed E-state index contributed by atoms with van der Waals surface area (Å²) in [6, 6.07) is 25.8. The molecule has 0 aromatic heterocycles. The number of hydrogen-bond acceptors (Lipinski definition) is 1. The number of nitrogens with one attached hydrogen (secondary N) is 1. The molecule has 1 amide bonds. The van der Waals surface area contributed by atoms with Crippen molar-refractivity contribution in [3.63, 3.8) is 0 Å². The Bertz CT molecular complexity index is 792. The van der Waals surface area contributed by atoms with Crippen molar-refractivity contribution in [3.05, 3.63) is 90.0 Å². The smallest absolute Gasteiger partial charge is 0.255 e. The Balaban J connectivity index is 1.75. The van der Waals surface area contributed by atoms with Crippen LogP contribution >= 0.6 is 0 Å². The third-order valence-corrected chi connectivity index (χ3v) is 3.85. The van der Waals surface area contributed by atoms with Crippen LogP contribution in [0.25, 0.3) is 11.1 Å². The van der Waals surface area contributed by atoms with E-state index in [0.717, 1.165) is 23.2 Å². The Kier molecular flexibility index (Phi) is 4.53. The molecule has 0 fully saturated rings. The Morgan fingerprint density at radius 3 is 2.22 bits per heavy atom. The second kappa shape index (κ2) is 6.93. The minimum atomic E-state index is -0.0853. The van der Waals surface area contributed by atoms with Crippen LogP contribution in [0, 0.1) is 0 Å². The molecule has 0 aliphatic heterocycles. The number of carbonyl (C=O) groups excluding carboxylic acids is 1. The second-order valence-electron chi connectivity index (χ2n) is 5.45. The van der Waals surface area contributed by atoms with E-state index < -0.39 is 0 Å². The summed E-state index contributed by atoms with van der Waals surface area (Å²) < 4.78 is 0. The SMILES string of the molecule is CCc1cccc(NC(=O)c2ccc(-c3ccccc3)cc2)c1. The van der Waals surface area contributed by atoms with Crippen molar-refractivity contribution in [1.82, 2.24) is 0 Å². The van der Waals surface area contributed by atoms with E-state index in [9.17, 15) is 4.79 Å². The number of hydrogen-bond donors (Lipinski definition) is 1. The molecule has 0 saturated carbocycles. The number of carbonyl (C=O) groups is 1. The minimum Gasteiger partial charge on any atom is -0.322 e. The molecular weight excluding hydrogens is 282 g/mol. The van der Waals surface area contributed by atoms with Gasteiger partial charge in [-0.05, 0) is 47.4 Å². The molecule has 114 valence electrons. The molecule has 0 spiro atoms. The summed E-state index contributed by atoms with van der Waals surface area (Å²) in [5, 5.41) is 2.95. The summed E-state index contributed by atoms with van der Waals surface area (Å²) in [7, 11) is 0. The first-order valence-corrected chi connectivity index (χ1v) is 7.82. The molecule has 3 rings (SSSR count). The average Bonchev–Trinajstić information content (AvgIpc) is 2.63. The highest BCUT2D eigenvalue weighted by atomic mass is 16.1. The first kappa shape index (κ1) is 15.0. The van der Waals surface area contributed by atoms with Crippen molar-refractivity contribution < 1.29 is 4.79 Å². The van der Waals surface area contributed by atoms with E-state index >= 15 is 0 Å². The molecule has 0 saturated heterocycles. The highest BCUT2D eigenvalue weighted by Crippen LogP contribution is 2.20. The number of anilines is 1. The number of aryl methyl sites for hydroxylation is 1.